The Labute approximate surface area is 172 Å². The van der Waals surface area contributed by atoms with E-state index in [0.717, 1.165) is 43.1 Å². The Morgan fingerprint density at radius 1 is 0.931 bits per heavy atom. The third-order valence-corrected chi connectivity index (χ3v) is 5.39. The second-order valence-electron chi connectivity index (χ2n) is 7.46. The zero-order chi connectivity index (χ0) is 19.7. The fourth-order valence-corrected chi connectivity index (χ4v) is 3.83. The van der Waals surface area contributed by atoms with Crippen LogP contribution in [0.2, 0.25) is 0 Å². The molecule has 1 aliphatic heterocycles. The van der Waals surface area contributed by atoms with Gasteiger partial charge in [-0.25, -0.2) is 9.97 Å². The Morgan fingerprint density at radius 3 is 2.45 bits per heavy atom. The molecule has 0 amide bonds. The second-order valence-corrected chi connectivity index (χ2v) is 7.46. The fourth-order valence-electron chi connectivity index (χ4n) is 3.83. The number of hydrogen-bond donors (Lipinski definition) is 1. The highest BCUT2D eigenvalue weighted by atomic mass is 16.5. The van der Waals surface area contributed by atoms with E-state index in [-0.39, 0.29) is 0 Å². The number of rotatable bonds is 8. The van der Waals surface area contributed by atoms with Crippen LogP contribution in [0, 0.1) is 0 Å². The van der Waals surface area contributed by atoms with Crippen molar-refractivity contribution in [2.24, 2.45) is 0 Å². The van der Waals surface area contributed by atoms with Gasteiger partial charge in [0.25, 0.3) is 0 Å². The Bertz CT molecular complexity index is 864. The highest BCUT2D eigenvalue weighted by molar-refractivity contribution is 5.68. The maximum Gasteiger partial charge on any atom is 0.127 e. The molecule has 150 valence electrons. The molecule has 0 radical (unpaired) electrons. The summed E-state index contributed by atoms with van der Waals surface area (Å²) < 4.78 is 6.05. The second kappa shape index (κ2) is 10.1. The van der Waals surface area contributed by atoms with E-state index in [9.17, 15) is 0 Å². The number of hydrogen-bond acceptors (Lipinski definition) is 5. The maximum atomic E-state index is 6.05. The van der Waals surface area contributed by atoms with E-state index >= 15 is 0 Å². The van der Waals surface area contributed by atoms with Crippen LogP contribution in [0.1, 0.15) is 18.4 Å². The van der Waals surface area contributed by atoms with Gasteiger partial charge >= 0.3 is 0 Å². The van der Waals surface area contributed by atoms with E-state index in [1.165, 1.54) is 18.4 Å². The molecule has 3 aromatic rings. The predicted octanol–water partition coefficient (Wildman–Crippen LogP) is 3.78. The molecule has 1 aliphatic rings. The minimum absolute atomic E-state index is 0.573. The number of benzene rings is 2. The van der Waals surface area contributed by atoms with Crippen molar-refractivity contribution in [3.05, 3.63) is 78.9 Å². The lowest BCUT2D eigenvalue weighted by Gasteiger charge is -2.32. The van der Waals surface area contributed by atoms with Gasteiger partial charge in [0.1, 0.15) is 18.7 Å². The molecule has 5 nitrogen and oxygen atoms in total. The molecular weight excluding hydrogens is 360 g/mol. The van der Waals surface area contributed by atoms with Gasteiger partial charge in [0.15, 0.2) is 0 Å². The molecule has 2 aromatic carbocycles. The van der Waals surface area contributed by atoms with Gasteiger partial charge in [-0.2, -0.15) is 0 Å². The first kappa shape index (κ1) is 19.6. The van der Waals surface area contributed by atoms with Crippen molar-refractivity contribution in [1.82, 2.24) is 20.2 Å². The summed E-state index contributed by atoms with van der Waals surface area (Å²) in [5.41, 5.74) is 3.40. The number of nitrogens with zero attached hydrogens (tertiary/aromatic N) is 3. The van der Waals surface area contributed by atoms with Crippen LogP contribution in [0.15, 0.2) is 73.3 Å². The molecule has 0 saturated carbocycles. The third kappa shape index (κ3) is 5.62. The standard InChI is InChI=1S/C24H28N4O/c1-2-6-20(7-3-1)18-28-13-10-22(11-14-28)27-12-15-29-24-9-5-4-8-23(24)21-16-25-19-26-17-21/h1-9,16-17,19,22,27H,10-15,18H2. The van der Waals surface area contributed by atoms with Crippen LogP contribution in [0.3, 0.4) is 0 Å². The van der Waals surface area contributed by atoms with Crippen LogP contribution in [-0.2, 0) is 6.54 Å². The van der Waals surface area contributed by atoms with Crippen LogP contribution in [0.5, 0.6) is 5.75 Å². The number of para-hydroxylation sites is 1. The summed E-state index contributed by atoms with van der Waals surface area (Å²) in [4.78, 5) is 10.8. The third-order valence-electron chi connectivity index (χ3n) is 5.39. The van der Waals surface area contributed by atoms with Gasteiger partial charge in [0.2, 0.25) is 0 Å². The molecular formula is C24H28N4O. The summed E-state index contributed by atoms with van der Waals surface area (Å²) in [6.07, 6.45) is 7.55. The lowest BCUT2D eigenvalue weighted by molar-refractivity contribution is 0.186. The van der Waals surface area contributed by atoms with Crippen LogP contribution < -0.4 is 10.1 Å². The lowest BCUT2D eigenvalue weighted by atomic mass is 10.0. The summed E-state index contributed by atoms with van der Waals surface area (Å²) in [5, 5.41) is 3.66. The Kier molecular flexibility index (Phi) is 6.84. The smallest absolute Gasteiger partial charge is 0.127 e. The first-order valence-corrected chi connectivity index (χ1v) is 10.4. The quantitative estimate of drug-likeness (QED) is 0.595. The van der Waals surface area contributed by atoms with E-state index in [0.29, 0.717) is 12.6 Å². The monoisotopic (exact) mass is 388 g/mol. The highest BCUT2D eigenvalue weighted by Gasteiger charge is 2.18. The van der Waals surface area contributed by atoms with Gasteiger partial charge in [0, 0.05) is 42.7 Å². The fraction of sp³-hybridized carbons (Fsp3) is 0.333. The molecule has 0 aliphatic carbocycles. The van der Waals surface area contributed by atoms with Gasteiger partial charge in [-0.15, -0.1) is 0 Å². The number of likely N-dealkylation sites (tertiary alicyclic amines) is 1. The summed E-state index contributed by atoms with van der Waals surface area (Å²) in [5.74, 6) is 0.877. The molecule has 0 spiro atoms. The molecule has 0 atom stereocenters. The van der Waals surface area contributed by atoms with Crippen molar-refractivity contribution in [2.75, 3.05) is 26.2 Å². The van der Waals surface area contributed by atoms with Crippen LogP contribution in [-0.4, -0.2) is 47.2 Å². The van der Waals surface area contributed by atoms with E-state index in [1.54, 1.807) is 6.33 Å². The van der Waals surface area contributed by atoms with Crippen molar-refractivity contribution in [1.29, 1.82) is 0 Å². The van der Waals surface area contributed by atoms with Crippen LogP contribution in [0.4, 0.5) is 0 Å². The topological polar surface area (TPSA) is 50.3 Å². The maximum absolute atomic E-state index is 6.05. The molecule has 1 aromatic heterocycles. The Hall–Kier alpha value is -2.76. The summed E-state index contributed by atoms with van der Waals surface area (Å²) in [6, 6.07) is 19.4. The minimum atomic E-state index is 0.573. The lowest BCUT2D eigenvalue weighted by Crippen LogP contribution is -2.43. The first-order chi connectivity index (χ1) is 14.4. The van der Waals surface area contributed by atoms with Crippen molar-refractivity contribution in [3.63, 3.8) is 0 Å². The average Bonchev–Trinajstić information content (AvgIpc) is 2.79. The largest absolute Gasteiger partial charge is 0.492 e. The zero-order valence-corrected chi connectivity index (χ0v) is 16.7. The SMILES string of the molecule is c1ccc(CN2CCC(NCCOc3ccccc3-c3cncnc3)CC2)cc1. The average molecular weight is 389 g/mol. The van der Waals surface area contributed by atoms with Crippen molar-refractivity contribution in [3.8, 4) is 16.9 Å². The van der Waals surface area contributed by atoms with Gasteiger partial charge in [-0.1, -0.05) is 48.5 Å². The van der Waals surface area contributed by atoms with Crippen LogP contribution >= 0.6 is 0 Å². The normalized spacial score (nSPS) is 15.3. The molecule has 5 heteroatoms. The Balaban J connectivity index is 1.19. The molecule has 1 fully saturated rings. The first-order valence-electron chi connectivity index (χ1n) is 10.4. The molecule has 1 saturated heterocycles. The highest BCUT2D eigenvalue weighted by Crippen LogP contribution is 2.28. The predicted molar refractivity (Wildman–Crippen MR) is 116 cm³/mol. The summed E-state index contributed by atoms with van der Waals surface area (Å²) in [7, 11) is 0. The molecule has 1 N–H and O–H groups in total. The van der Waals surface area contributed by atoms with E-state index in [1.807, 2.05) is 36.7 Å². The van der Waals surface area contributed by atoms with Gasteiger partial charge in [0.05, 0.1) is 0 Å². The minimum Gasteiger partial charge on any atom is -0.492 e. The summed E-state index contributed by atoms with van der Waals surface area (Å²) >= 11 is 0. The Morgan fingerprint density at radius 2 is 1.66 bits per heavy atom. The number of ether oxygens (including phenoxy) is 1. The van der Waals surface area contributed by atoms with Gasteiger partial charge in [-0.05, 0) is 37.6 Å². The molecule has 4 rings (SSSR count). The van der Waals surface area contributed by atoms with Crippen LogP contribution in [0.25, 0.3) is 11.1 Å². The van der Waals surface area contributed by atoms with Gasteiger partial charge in [-0.3, -0.25) is 4.90 Å². The molecule has 2 heterocycles. The molecule has 0 bridgehead atoms. The molecule has 29 heavy (non-hydrogen) atoms. The van der Waals surface area contributed by atoms with Crippen molar-refractivity contribution < 1.29 is 4.74 Å². The number of piperidine rings is 1. The van der Waals surface area contributed by atoms with E-state index < -0.39 is 0 Å². The van der Waals surface area contributed by atoms with Crippen molar-refractivity contribution >= 4 is 0 Å². The molecule has 0 unspecified atom stereocenters. The van der Waals surface area contributed by atoms with E-state index in [2.05, 4.69) is 50.5 Å². The van der Waals surface area contributed by atoms with Gasteiger partial charge < -0.3 is 10.1 Å². The summed E-state index contributed by atoms with van der Waals surface area (Å²) in [6.45, 7) is 4.84. The number of nitrogens with one attached hydrogen (secondary N) is 1. The number of aromatic nitrogens is 2. The zero-order valence-electron chi connectivity index (χ0n) is 16.7. The van der Waals surface area contributed by atoms with Crippen molar-refractivity contribution in [2.45, 2.75) is 25.4 Å². The van der Waals surface area contributed by atoms with E-state index in [4.69, 9.17) is 4.74 Å².